The molecule has 2 aromatic heterocycles. The third-order valence-corrected chi connectivity index (χ3v) is 5.34. The number of aliphatic hydroxyl groups is 3. The topological polar surface area (TPSA) is 130 Å². The van der Waals surface area contributed by atoms with Crippen LogP contribution in [0, 0.1) is 11.3 Å². The second-order valence-corrected chi connectivity index (χ2v) is 6.05. The number of imidazole rings is 1. The smallest absolute Gasteiger partial charge is 0.165 e. The molecule has 0 aliphatic heterocycles. The third kappa shape index (κ3) is 1.42. The van der Waals surface area contributed by atoms with Gasteiger partial charge in [0.05, 0.1) is 25.1 Å². The van der Waals surface area contributed by atoms with E-state index in [1.165, 1.54) is 6.33 Å². The van der Waals surface area contributed by atoms with E-state index >= 15 is 0 Å². The molecule has 0 radical (unpaired) electrons. The molecule has 2 aliphatic rings. The Morgan fingerprint density at radius 1 is 1.33 bits per heavy atom. The molecule has 2 fully saturated rings. The number of hydrogen-bond donors (Lipinski definition) is 4. The predicted octanol–water partition coefficient (Wildman–Crippen LogP) is -0.926. The number of nitrogens with zero attached hydrogens (tertiary/aromatic N) is 4. The zero-order valence-electron chi connectivity index (χ0n) is 11.3. The van der Waals surface area contributed by atoms with E-state index in [0.717, 1.165) is 6.42 Å². The molecule has 21 heavy (non-hydrogen) atoms. The van der Waals surface area contributed by atoms with Crippen LogP contribution in [0.15, 0.2) is 12.7 Å². The second-order valence-electron chi connectivity index (χ2n) is 6.05. The molecule has 112 valence electrons. The van der Waals surface area contributed by atoms with E-state index < -0.39 is 17.6 Å². The molecule has 8 nitrogen and oxygen atoms in total. The van der Waals surface area contributed by atoms with E-state index in [-0.39, 0.29) is 24.4 Å². The number of aliphatic hydroxyl groups excluding tert-OH is 3. The van der Waals surface area contributed by atoms with Gasteiger partial charge in [0.1, 0.15) is 17.9 Å². The quantitative estimate of drug-likeness (QED) is 0.562. The number of fused-ring (bicyclic) bond motifs is 2. The highest BCUT2D eigenvalue weighted by Gasteiger charge is 2.64. The summed E-state index contributed by atoms with van der Waals surface area (Å²) in [6.07, 6.45) is 2.59. The van der Waals surface area contributed by atoms with Crippen LogP contribution in [0.2, 0.25) is 0 Å². The summed E-state index contributed by atoms with van der Waals surface area (Å²) in [6, 6.07) is -0.361. The first-order chi connectivity index (χ1) is 10.1. The van der Waals surface area contributed by atoms with Crippen LogP contribution in [0.1, 0.15) is 18.9 Å². The molecule has 0 amide bonds. The minimum absolute atomic E-state index is 0.00101. The van der Waals surface area contributed by atoms with Gasteiger partial charge in [-0.2, -0.15) is 0 Å². The largest absolute Gasteiger partial charge is 0.396 e. The van der Waals surface area contributed by atoms with Gasteiger partial charge in [-0.1, -0.05) is 0 Å². The molecular weight excluding hydrogens is 274 g/mol. The van der Waals surface area contributed by atoms with Crippen molar-refractivity contribution in [1.29, 1.82) is 0 Å². The molecule has 0 unspecified atom stereocenters. The molecular formula is C13H17N5O3. The molecule has 0 bridgehead atoms. The molecule has 8 heteroatoms. The molecule has 0 aromatic carbocycles. The van der Waals surface area contributed by atoms with Gasteiger partial charge >= 0.3 is 0 Å². The number of hydrogen-bond acceptors (Lipinski definition) is 7. The van der Waals surface area contributed by atoms with Gasteiger partial charge in [-0.3, -0.25) is 0 Å². The van der Waals surface area contributed by atoms with Crippen molar-refractivity contribution in [2.75, 3.05) is 12.3 Å². The molecule has 2 aliphatic carbocycles. The summed E-state index contributed by atoms with van der Waals surface area (Å²) in [6.45, 7) is -0.129. The van der Waals surface area contributed by atoms with Crippen molar-refractivity contribution in [2.24, 2.45) is 11.3 Å². The van der Waals surface area contributed by atoms with Crippen molar-refractivity contribution in [1.82, 2.24) is 19.5 Å². The van der Waals surface area contributed by atoms with E-state index in [9.17, 15) is 15.3 Å². The number of rotatable bonds is 2. The van der Waals surface area contributed by atoms with E-state index in [0.29, 0.717) is 17.6 Å². The summed E-state index contributed by atoms with van der Waals surface area (Å²) in [4.78, 5) is 12.3. The standard InChI is InChI=1S/C13H17N5O3/c14-11-7-12(16-4-15-11)18(5-17-7)8-6-1-2-13(6,3-19)10(21)9(8)20/h4-6,8-10,19-21H,1-3H2,(H2,14,15,16)/t6-,8-,9+,10+,13+/m1/s1. The van der Waals surface area contributed by atoms with Gasteiger partial charge in [0, 0.05) is 5.41 Å². The van der Waals surface area contributed by atoms with Crippen LogP contribution in [0.25, 0.3) is 11.2 Å². The Kier molecular flexibility index (Phi) is 2.54. The Hall–Kier alpha value is -1.77. The first kappa shape index (κ1) is 12.9. The first-order valence-corrected chi connectivity index (χ1v) is 7.00. The van der Waals surface area contributed by atoms with Crippen LogP contribution in [-0.4, -0.2) is 53.7 Å². The zero-order valence-corrected chi connectivity index (χ0v) is 11.3. The maximum Gasteiger partial charge on any atom is 0.165 e. The Labute approximate surface area is 120 Å². The van der Waals surface area contributed by atoms with Gasteiger partial charge in [0.25, 0.3) is 0 Å². The van der Waals surface area contributed by atoms with E-state index in [1.54, 1.807) is 10.9 Å². The van der Waals surface area contributed by atoms with E-state index in [4.69, 9.17) is 5.73 Å². The van der Waals surface area contributed by atoms with Crippen molar-refractivity contribution in [3.05, 3.63) is 12.7 Å². The Morgan fingerprint density at radius 3 is 2.76 bits per heavy atom. The van der Waals surface area contributed by atoms with Crippen LogP contribution in [0.5, 0.6) is 0 Å². The number of nitrogens with two attached hydrogens (primary N) is 1. The molecule has 2 saturated carbocycles. The molecule has 5 N–H and O–H groups in total. The lowest BCUT2D eigenvalue weighted by Gasteiger charge is -2.46. The fourth-order valence-corrected chi connectivity index (χ4v) is 4.06. The molecule has 2 aromatic rings. The number of nitrogen functional groups attached to an aromatic ring is 1. The lowest BCUT2D eigenvalue weighted by Crippen LogP contribution is -2.48. The van der Waals surface area contributed by atoms with Gasteiger partial charge in [-0.15, -0.1) is 0 Å². The maximum atomic E-state index is 10.5. The Morgan fingerprint density at radius 2 is 2.14 bits per heavy atom. The summed E-state index contributed by atoms with van der Waals surface area (Å²) in [5.74, 6) is 0.287. The molecule has 5 atom stereocenters. The summed E-state index contributed by atoms with van der Waals surface area (Å²) >= 11 is 0. The average Bonchev–Trinajstić information content (AvgIpc) is 2.93. The van der Waals surface area contributed by atoms with Gasteiger partial charge in [-0.25, -0.2) is 15.0 Å². The molecule has 0 spiro atoms. The van der Waals surface area contributed by atoms with Crippen molar-refractivity contribution in [3.8, 4) is 0 Å². The van der Waals surface area contributed by atoms with Crippen LogP contribution < -0.4 is 5.73 Å². The summed E-state index contributed by atoms with van der Waals surface area (Å²) in [5.41, 5.74) is 6.19. The predicted molar refractivity (Wildman–Crippen MR) is 73.0 cm³/mol. The SMILES string of the molecule is Nc1ncnc2c1ncn2[C@H]1[C@H](O)[C@H](O)[C@]2(CO)CC[C@H]12. The monoisotopic (exact) mass is 291 g/mol. The van der Waals surface area contributed by atoms with Crippen LogP contribution in [-0.2, 0) is 0 Å². The van der Waals surface area contributed by atoms with Crippen LogP contribution >= 0.6 is 0 Å². The van der Waals surface area contributed by atoms with Crippen molar-refractivity contribution < 1.29 is 15.3 Å². The fourth-order valence-electron chi connectivity index (χ4n) is 4.06. The lowest BCUT2D eigenvalue weighted by atomic mass is 9.60. The Bertz CT molecular complexity index is 700. The zero-order chi connectivity index (χ0) is 14.8. The van der Waals surface area contributed by atoms with Gasteiger partial charge in [-0.05, 0) is 18.8 Å². The van der Waals surface area contributed by atoms with Crippen molar-refractivity contribution in [3.63, 3.8) is 0 Å². The highest BCUT2D eigenvalue weighted by molar-refractivity contribution is 5.81. The third-order valence-electron chi connectivity index (χ3n) is 5.34. The minimum Gasteiger partial charge on any atom is -0.396 e. The van der Waals surface area contributed by atoms with E-state index in [1.807, 2.05) is 0 Å². The highest BCUT2D eigenvalue weighted by Crippen LogP contribution is 2.61. The minimum atomic E-state index is -0.960. The van der Waals surface area contributed by atoms with Crippen molar-refractivity contribution in [2.45, 2.75) is 31.1 Å². The van der Waals surface area contributed by atoms with Gasteiger partial charge < -0.3 is 25.6 Å². The van der Waals surface area contributed by atoms with E-state index in [2.05, 4.69) is 15.0 Å². The lowest BCUT2D eigenvalue weighted by molar-refractivity contribution is -0.0989. The first-order valence-electron chi connectivity index (χ1n) is 7.00. The van der Waals surface area contributed by atoms with Crippen LogP contribution in [0.4, 0.5) is 5.82 Å². The van der Waals surface area contributed by atoms with Gasteiger partial charge in [0.2, 0.25) is 0 Å². The Balaban J connectivity index is 1.84. The maximum absolute atomic E-state index is 10.5. The van der Waals surface area contributed by atoms with Crippen molar-refractivity contribution >= 4 is 17.0 Å². The normalized spacial score (nSPS) is 38.4. The highest BCUT2D eigenvalue weighted by atomic mass is 16.3. The fraction of sp³-hybridized carbons (Fsp3) is 0.615. The number of aromatic nitrogens is 4. The molecule has 0 saturated heterocycles. The second kappa shape index (κ2) is 4.12. The summed E-state index contributed by atoms with van der Waals surface area (Å²) in [7, 11) is 0. The average molecular weight is 291 g/mol. The molecule has 2 heterocycles. The number of anilines is 1. The van der Waals surface area contributed by atoms with Gasteiger partial charge in [0.15, 0.2) is 11.5 Å². The van der Waals surface area contributed by atoms with Crippen LogP contribution in [0.3, 0.4) is 0 Å². The summed E-state index contributed by atoms with van der Waals surface area (Å²) in [5, 5.41) is 30.5. The molecule has 4 rings (SSSR count). The summed E-state index contributed by atoms with van der Waals surface area (Å²) < 4.78 is 1.75.